The maximum Gasteiger partial charge on any atom is 0.0159 e. The Morgan fingerprint density at radius 2 is 1.19 bits per heavy atom. The largest absolute Gasteiger partial charge is 0.0622 e. The summed E-state index contributed by atoms with van der Waals surface area (Å²) in [5.41, 5.74) is 8.37. The topological polar surface area (TPSA) is 0 Å². The third-order valence-electron chi connectivity index (χ3n) is 4.69. The number of hydrogen-bond acceptors (Lipinski definition) is 0. The van der Waals surface area contributed by atoms with Crippen molar-refractivity contribution >= 4 is 0 Å². The van der Waals surface area contributed by atoms with Crippen LogP contribution in [0.3, 0.4) is 0 Å². The zero-order chi connectivity index (χ0) is 14.4. The van der Waals surface area contributed by atoms with Crippen LogP contribution in [0.25, 0.3) is 22.3 Å². The summed E-state index contributed by atoms with van der Waals surface area (Å²) in [5.74, 6) is 0. The Morgan fingerprint density at radius 3 is 2.00 bits per heavy atom. The van der Waals surface area contributed by atoms with Gasteiger partial charge in [0, 0.05) is 5.41 Å². The molecule has 3 aromatic rings. The van der Waals surface area contributed by atoms with Gasteiger partial charge >= 0.3 is 0 Å². The summed E-state index contributed by atoms with van der Waals surface area (Å²) in [6.07, 6.45) is 0. The summed E-state index contributed by atoms with van der Waals surface area (Å²) >= 11 is 0. The molecule has 0 fully saturated rings. The quantitative estimate of drug-likeness (QED) is 0.535. The maximum absolute atomic E-state index is 2.33. The van der Waals surface area contributed by atoms with Crippen LogP contribution in [0.4, 0.5) is 0 Å². The molecule has 0 saturated heterocycles. The van der Waals surface area contributed by atoms with Gasteiger partial charge in [-0.05, 0) is 33.4 Å². The zero-order valence-electron chi connectivity index (χ0n) is 12.4. The van der Waals surface area contributed by atoms with E-state index in [9.17, 15) is 0 Å². The first-order valence-corrected chi connectivity index (χ1v) is 7.48. The van der Waals surface area contributed by atoms with Crippen molar-refractivity contribution in [3.05, 3.63) is 83.9 Å². The molecule has 0 bridgehead atoms. The van der Waals surface area contributed by atoms with Gasteiger partial charge in [-0.3, -0.25) is 0 Å². The lowest BCUT2D eigenvalue weighted by Crippen LogP contribution is -2.14. The van der Waals surface area contributed by atoms with Crippen molar-refractivity contribution in [1.29, 1.82) is 0 Å². The van der Waals surface area contributed by atoms with Crippen LogP contribution in [0.1, 0.15) is 25.0 Å². The lowest BCUT2D eigenvalue weighted by molar-refractivity contribution is 0.660. The molecule has 4 rings (SSSR count). The van der Waals surface area contributed by atoms with E-state index in [0.717, 1.165) is 0 Å². The molecule has 102 valence electrons. The van der Waals surface area contributed by atoms with Crippen molar-refractivity contribution in [3.63, 3.8) is 0 Å². The molecule has 0 spiro atoms. The lowest BCUT2D eigenvalue weighted by atomic mass is 9.82. The molecule has 0 N–H and O–H groups in total. The first-order valence-electron chi connectivity index (χ1n) is 7.48. The van der Waals surface area contributed by atoms with Gasteiger partial charge in [0.1, 0.15) is 0 Å². The summed E-state index contributed by atoms with van der Waals surface area (Å²) in [6, 6.07) is 26.2. The van der Waals surface area contributed by atoms with Gasteiger partial charge in [-0.2, -0.15) is 0 Å². The Morgan fingerprint density at radius 1 is 0.571 bits per heavy atom. The highest BCUT2D eigenvalue weighted by Crippen LogP contribution is 2.51. The fraction of sp³-hybridized carbons (Fsp3) is 0.143. The predicted molar refractivity (Wildman–Crippen MR) is 89.4 cm³/mol. The molecule has 0 saturated carbocycles. The van der Waals surface area contributed by atoms with E-state index in [-0.39, 0.29) is 5.41 Å². The van der Waals surface area contributed by atoms with Gasteiger partial charge in [0.2, 0.25) is 0 Å². The highest BCUT2D eigenvalue weighted by molar-refractivity contribution is 5.92. The molecular weight excluding hydrogens is 252 g/mol. The number of rotatable bonds is 1. The van der Waals surface area contributed by atoms with Gasteiger partial charge in [-0.1, -0.05) is 86.6 Å². The minimum absolute atomic E-state index is 0.0801. The lowest BCUT2D eigenvalue weighted by Gasteiger charge is -2.21. The fourth-order valence-corrected chi connectivity index (χ4v) is 3.61. The van der Waals surface area contributed by atoms with Crippen molar-refractivity contribution in [2.45, 2.75) is 19.3 Å². The van der Waals surface area contributed by atoms with E-state index < -0.39 is 0 Å². The Kier molecular flexibility index (Phi) is 2.56. The molecule has 0 amide bonds. The van der Waals surface area contributed by atoms with E-state index in [1.54, 1.807) is 0 Å². The van der Waals surface area contributed by atoms with E-state index in [0.29, 0.717) is 0 Å². The van der Waals surface area contributed by atoms with Gasteiger partial charge in [-0.25, -0.2) is 0 Å². The molecule has 0 radical (unpaired) electrons. The first-order chi connectivity index (χ1) is 10.2. The van der Waals surface area contributed by atoms with Crippen molar-refractivity contribution in [2.24, 2.45) is 0 Å². The van der Waals surface area contributed by atoms with E-state index in [1.807, 2.05) is 0 Å². The van der Waals surface area contributed by atoms with Crippen LogP contribution in [0.5, 0.6) is 0 Å². The van der Waals surface area contributed by atoms with Crippen LogP contribution in [0, 0.1) is 0 Å². The normalized spacial score (nSPS) is 14.6. The fourth-order valence-electron chi connectivity index (χ4n) is 3.61. The van der Waals surface area contributed by atoms with Crippen LogP contribution in [-0.2, 0) is 5.41 Å². The summed E-state index contributed by atoms with van der Waals surface area (Å²) in [7, 11) is 0. The third-order valence-corrected chi connectivity index (χ3v) is 4.69. The van der Waals surface area contributed by atoms with Crippen LogP contribution in [-0.4, -0.2) is 0 Å². The molecule has 0 aromatic heterocycles. The first kappa shape index (κ1) is 12.4. The van der Waals surface area contributed by atoms with Gasteiger partial charge in [0.25, 0.3) is 0 Å². The number of hydrogen-bond donors (Lipinski definition) is 0. The van der Waals surface area contributed by atoms with Crippen molar-refractivity contribution in [3.8, 4) is 22.3 Å². The average molecular weight is 270 g/mol. The smallest absolute Gasteiger partial charge is 0.0159 e. The second-order valence-corrected chi connectivity index (χ2v) is 6.26. The highest BCUT2D eigenvalue weighted by Gasteiger charge is 2.36. The SMILES string of the molecule is CC1(C)c2ccccc2-c2c(-c3ccccc3)cccc21. The molecule has 0 heterocycles. The number of fused-ring (bicyclic) bond motifs is 3. The van der Waals surface area contributed by atoms with Crippen molar-refractivity contribution in [1.82, 2.24) is 0 Å². The molecule has 0 atom stereocenters. The summed E-state index contributed by atoms with van der Waals surface area (Å²) in [6.45, 7) is 4.65. The Bertz CT molecular complexity index is 810. The highest BCUT2D eigenvalue weighted by atomic mass is 14.4. The minimum Gasteiger partial charge on any atom is -0.0622 e. The van der Waals surface area contributed by atoms with Crippen molar-refractivity contribution < 1.29 is 0 Å². The molecule has 0 aliphatic heterocycles. The Balaban J connectivity index is 2.08. The standard InChI is InChI=1S/C21H18/c1-21(2)18-13-7-6-11-17(18)20-16(12-8-14-19(20)21)15-9-4-3-5-10-15/h3-14H,1-2H3. The van der Waals surface area contributed by atoms with E-state index in [4.69, 9.17) is 0 Å². The van der Waals surface area contributed by atoms with E-state index >= 15 is 0 Å². The molecule has 1 aliphatic carbocycles. The summed E-state index contributed by atoms with van der Waals surface area (Å²) in [5, 5.41) is 0. The Hall–Kier alpha value is -2.34. The van der Waals surface area contributed by atoms with Crippen LogP contribution >= 0.6 is 0 Å². The van der Waals surface area contributed by atoms with Gasteiger partial charge in [-0.15, -0.1) is 0 Å². The predicted octanol–water partition coefficient (Wildman–Crippen LogP) is 5.66. The molecule has 1 aliphatic rings. The summed E-state index contributed by atoms with van der Waals surface area (Å²) in [4.78, 5) is 0. The average Bonchev–Trinajstić information content (AvgIpc) is 2.77. The molecule has 0 heteroatoms. The molecule has 0 unspecified atom stereocenters. The second kappa shape index (κ2) is 4.33. The van der Waals surface area contributed by atoms with E-state index in [1.165, 1.54) is 33.4 Å². The van der Waals surface area contributed by atoms with Gasteiger partial charge in [0.05, 0.1) is 0 Å². The second-order valence-electron chi connectivity index (χ2n) is 6.26. The van der Waals surface area contributed by atoms with Crippen LogP contribution in [0.2, 0.25) is 0 Å². The molecule has 3 aromatic carbocycles. The van der Waals surface area contributed by atoms with Crippen molar-refractivity contribution in [2.75, 3.05) is 0 Å². The summed E-state index contributed by atoms with van der Waals surface area (Å²) < 4.78 is 0. The van der Waals surface area contributed by atoms with Gasteiger partial charge < -0.3 is 0 Å². The molecule has 0 nitrogen and oxygen atoms in total. The minimum atomic E-state index is 0.0801. The Labute approximate surface area is 126 Å². The molecule has 21 heavy (non-hydrogen) atoms. The zero-order valence-corrected chi connectivity index (χ0v) is 12.4. The molecular formula is C21H18. The third kappa shape index (κ3) is 1.69. The van der Waals surface area contributed by atoms with E-state index in [2.05, 4.69) is 86.6 Å². The van der Waals surface area contributed by atoms with Crippen LogP contribution in [0.15, 0.2) is 72.8 Å². The van der Waals surface area contributed by atoms with Crippen LogP contribution < -0.4 is 0 Å². The monoisotopic (exact) mass is 270 g/mol. The van der Waals surface area contributed by atoms with Gasteiger partial charge in [0.15, 0.2) is 0 Å². The maximum atomic E-state index is 2.33. The number of benzene rings is 3.